The van der Waals surface area contributed by atoms with Gasteiger partial charge in [0.1, 0.15) is 5.69 Å². The Morgan fingerprint density at radius 2 is 2.05 bits per heavy atom. The highest BCUT2D eigenvalue weighted by molar-refractivity contribution is 5.99. The van der Waals surface area contributed by atoms with Gasteiger partial charge in [0.2, 0.25) is 0 Å². The number of fused-ring (bicyclic) bond motifs is 1. The Balaban J connectivity index is 2.01. The molecule has 0 bridgehead atoms. The number of carbonyl (C=O) groups excluding carboxylic acids is 1. The number of alkyl halides is 3. The molecule has 2 N–H and O–H groups in total. The predicted molar refractivity (Wildman–Crippen MR) is 65.2 cm³/mol. The topological polar surface area (TPSA) is 56.3 Å². The van der Waals surface area contributed by atoms with E-state index in [2.05, 4.69) is 4.98 Å². The molecule has 1 aromatic carbocycles. The second kappa shape index (κ2) is 4.24. The number of aliphatic hydroxyl groups is 1. The highest BCUT2D eigenvalue weighted by Gasteiger charge is 2.34. The van der Waals surface area contributed by atoms with Crippen LogP contribution in [-0.2, 0) is 6.18 Å². The van der Waals surface area contributed by atoms with Crippen LogP contribution in [0.15, 0.2) is 24.3 Å². The molecule has 1 fully saturated rings. The number of aromatic nitrogens is 1. The van der Waals surface area contributed by atoms with E-state index in [1.807, 2.05) is 0 Å². The van der Waals surface area contributed by atoms with Crippen LogP contribution < -0.4 is 0 Å². The zero-order valence-corrected chi connectivity index (χ0v) is 10.2. The van der Waals surface area contributed by atoms with Crippen molar-refractivity contribution in [2.45, 2.75) is 12.3 Å². The van der Waals surface area contributed by atoms with Gasteiger partial charge in [-0.05, 0) is 12.1 Å². The van der Waals surface area contributed by atoms with Gasteiger partial charge >= 0.3 is 6.18 Å². The van der Waals surface area contributed by atoms with Crippen LogP contribution in [0.4, 0.5) is 13.2 Å². The minimum Gasteiger partial charge on any atom is -0.389 e. The van der Waals surface area contributed by atoms with Crippen molar-refractivity contribution in [1.29, 1.82) is 0 Å². The van der Waals surface area contributed by atoms with Crippen molar-refractivity contribution >= 4 is 16.8 Å². The molecule has 1 saturated heterocycles. The smallest absolute Gasteiger partial charge is 0.389 e. The van der Waals surface area contributed by atoms with Crippen LogP contribution in [-0.4, -0.2) is 40.1 Å². The Labute approximate surface area is 111 Å². The lowest BCUT2D eigenvalue weighted by Crippen LogP contribution is -2.53. The largest absolute Gasteiger partial charge is 0.418 e. The lowest BCUT2D eigenvalue weighted by atomic mass is 10.1. The van der Waals surface area contributed by atoms with Crippen LogP contribution in [0.1, 0.15) is 16.1 Å². The van der Waals surface area contributed by atoms with Crippen molar-refractivity contribution < 1.29 is 23.1 Å². The van der Waals surface area contributed by atoms with Crippen LogP contribution >= 0.6 is 0 Å². The van der Waals surface area contributed by atoms with Crippen LogP contribution in [0.25, 0.3) is 10.9 Å². The molecule has 2 heterocycles. The molecule has 0 unspecified atom stereocenters. The average Bonchev–Trinajstić information content (AvgIpc) is 2.76. The van der Waals surface area contributed by atoms with Crippen LogP contribution in [0.3, 0.4) is 0 Å². The molecule has 1 aliphatic heterocycles. The first-order valence-corrected chi connectivity index (χ1v) is 6.02. The van der Waals surface area contributed by atoms with Gasteiger partial charge in [-0.3, -0.25) is 4.79 Å². The molecule has 106 valence electrons. The molecule has 0 aliphatic carbocycles. The highest BCUT2D eigenvalue weighted by atomic mass is 19.4. The molecule has 1 amide bonds. The number of hydrogen-bond acceptors (Lipinski definition) is 2. The second-order valence-corrected chi connectivity index (χ2v) is 4.81. The number of amides is 1. The molecule has 3 rings (SSSR count). The van der Waals surface area contributed by atoms with Gasteiger partial charge in [-0.1, -0.05) is 12.1 Å². The third-order valence-electron chi connectivity index (χ3n) is 3.34. The lowest BCUT2D eigenvalue weighted by molar-refractivity contribution is -0.136. The van der Waals surface area contributed by atoms with E-state index < -0.39 is 23.8 Å². The summed E-state index contributed by atoms with van der Waals surface area (Å²) in [6.07, 6.45) is -5.02. The molecule has 1 aliphatic rings. The van der Waals surface area contributed by atoms with E-state index in [1.165, 1.54) is 23.1 Å². The SMILES string of the molecule is O=C(c1cc2cccc(C(F)(F)F)c2[nH]1)N1CC(O)C1. The molecular weight excluding hydrogens is 273 g/mol. The van der Waals surface area contributed by atoms with Crippen molar-refractivity contribution in [3.05, 3.63) is 35.5 Å². The van der Waals surface area contributed by atoms with E-state index in [-0.39, 0.29) is 24.3 Å². The number of para-hydroxylation sites is 1. The Hall–Kier alpha value is -2.02. The molecule has 20 heavy (non-hydrogen) atoms. The number of aromatic amines is 1. The normalized spacial score (nSPS) is 16.5. The quantitative estimate of drug-likeness (QED) is 0.841. The van der Waals surface area contributed by atoms with Crippen LogP contribution in [0, 0.1) is 0 Å². The number of aliphatic hydroxyl groups excluding tert-OH is 1. The van der Waals surface area contributed by atoms with Gasteiger partial charge in [0.15, 0.2) is 0 Å². The summed E-state index contributed by atoms with van der Waals surface area (Å²) in [5.41, 5.74) is -0.786. The maximum absolute atomic E-state index is 12.9. The van der Waals surface area contributed by atoms with Gasteiger partial charge in [0, 0.05) is 18.5 Å². The predicted octanol–water partition coefficient (Wildman–Crippen LogP) is 2.00. The number of β-amino-alcohol motifs (C(OH)–C–C–N with tert-alkyl or cyclic N) is 1. The van der Waals surface area contributed by atoms with Gasteiger partial charge in [-0.2, -0.15) is 13.2 Å². The number of halogens is 3. The van der Waals surface area contributed by atoms with E-state index in [9.17, 15) is 18.0 Å². The number of carbonyl (C=O) groups is 1. The molecule has 2 aromatic rings. The summed E-state index contributed by atoms with van der Waals surface area (Å²) in [6, 6.07) is 5.20. The summed E-state index contributed by atoms with van der Waals surface area (Å²) >= 11 is 0. The summed E-state index contributed by atoms with van der Waals surface area (Å²) < 4.78 is 38.6. The maximum atomic E-state index is 12.9. The third kappa shape index (κ3) is 2.03. The van der Waals surface area contributed by atoms with E-state index in [0.717, 1.165) is 6.07 Å². The van der Waals surface area contributed by atoms with Gasteiger partial charge in [-0.15, -0.1) is 0 Å². The third-order valence-corrected chi connectivity index (χ3v) is 3.34. The van der Waals surface area contributed by atoms with E-state index in [1.54, 1.807) is 0 Å². The zero-order chi connectivity index (χ0) is 14.5. The molecule has 1 aromatic heterocycles. The number of nitrogens with zero attached hydrogens (tertiary/aromatic N) is 1. The fourth-order valence-corrected chi connectivity index (χ4v) is 2.30. The standard InChI is InChI=1S/C13H11F3N2O2/c14-13(15,16)9-3-1-2-7-4-10(17-11(7)9)12(20)18-5-8(19)6-18/h1-4,8,17,19H,5-6H2. The van der Waals surface area contributed by atoms with E-state index >= 15 is 0 Å². The number of rotatable bonds is 1. The average molecular weight is 284 g/mol. The minimum atomic E-state index is -4.47. The second-order valence-electron chi connectivity index (χ2n) is 4.81. The van der Waals surface area contributed by atoms with Crippen molar-refractivity contribution in [3.63, 3.8) is 0 Å². The van der Waals surface area contributed by atoms with E-state index in [0.29, 0.717) is 5.39 Å². The summed E-state index contributed by atoms with van der Waals surface area (Å²) in [4.78, 5) is 15.9. The molecule has 0 atom stereocenters. The molecule has 0 saturated carbocycles. The summed E-state index contributed by atoms with van der Waals surface area (Å²) in [5.74, 6) is -0.403. The van der Waals surface area contributed by atoms with Crippen LogP contribution in [0.5, 0.6) is 0 Å². The number of benzene rings is 1. The first-order chi connectivity index (χ1) is 9.36. The Morgan fingerprint density at radius 1 is 1.35 bits per heavy atom. The van der Waals surface area contributed by atoms with Crippen molar-refractivity contribution in [2.75, 3.05) is 13.1 Å². The number of likely N-dealkylation sites (tertiary alicyclic amines) is 1. The highest BCUT2D eigenvalue weighted by Crippen LogP contribution is 2.34. The summed E-state index contributed by atoms with van der Waals surface area (Å²) in [7, 11) is 0. The maximum Gasteiger partial charge on any atom is 0.418 e. The first-order valence-electron chi connectivity index (χ1n) is 6.02. The van der Waals surface area contributed by atoms with Gasteiger partial charge < -0.3 is 15.0 Å². The van der Waals surface area contributed by atoms with Crippen molar-refractivity contribution in [2.24, 2.45) is 0 Å². The fourth-order valence-electron chi connectivity index (χ4n) is 2.30. The Kier molecular flexibility index (Phi) is 2.75. The van der Waals surface area contributed by atoms with Crippen LogP contribution in [0.2, 0.25) is 0 Å². The zero-order valence-electron chi connectivity index (χ0n) is 10.2. The van der Waals surface area contributed by atoms with E-state index in [4.69, 9.17) is 5.11 Å². The molecule has 4 nitrogen and oxygen atoms in total. The molecule has 7 heteroatoms. The number of nitrogens with one attached hydrogen (secondary N) is 1. The Morgan fingerprint density at radius 3 is 2.65 bits per heavy atom. The molecule has 0 spiro atoms. The molecule has 0 radical (unpaired) electrons. The van der Waals surface area contributed by atoms with Crippen molar-refractivity contribution in [1.82, 2.24) is 9.88 Å². The van der Waals surface area contributed by atoms with Crippen molar-refractivity contribution in [3.8, 4) is 0 Å². The molecular formula is C13H11F3N2O2. The minimum absolute atomic E-state index is 0.0931. The summed E-state index contributed by atoms with van der Waals surface area (Å²) in [5, 5.41) is 9.49. The van der Waals surface area contributed by atoms with Gasteiger partial charge in [0.05, 0.1) is 17.2 Å². The monoisotopic (exact) mass is 284 g/mol. The number of H-pyrrole nitrogens is 1. The fraction of sp³-hybridized carbons (Fsp3) is 0.308. The first kappa shape index (κ1) is 13.0. The van der Waals surface area contributed by atoms with Gasteiger partial charge in [-0.25, -0.2) is 0 Å². The summed E-state index contributed by atoms with van der Waals surface area (Å²) in [6.45, 7) is 0.417. The lowest BCUT2D eigenvalue weighted by Gasteiger charge is -2.35. The Bertz CT molecular complexity index is 672. The van der Waals surface area contributed by atoms with Gasteiger partial charge in [0.25, 0.3) is 5.91 Å². The number of hydrogen-bond donors (Lipinski definition) is 2.